The fourth-order valence-corrected chi connectivity index (χ4v) is 2.66. The number of hydrogen-bond acceptors (Lipinski definition) is 4. The van der Waals surface area contributed by atoms with E-state index in [1.807, 2.05) is 25.1 Å². The molecule has 1 atom stereocenters. The molecule has 1 unspecified atom stereocenters. The van der Waals surface area contributed by atoms with Crippen molar-refractivity contribution in [2.24, 2.45) is 5.92 Å². The van der Waals surface area contributed by atoms with Gasteiger partial charge in [-0.25, -0.2) is 4.98 Å². The summed E-state index contributed by atoms with van der Waals surface area (Å²) >= 11 is 1.42. The number of imidazole rings is 1. The number of carbonyl (C=O) groups is 1. The zero-order chi connectivity index (χ0) is 15.4. The predicted octanol–water partition coefficient (Wildman–Crippen LogP) is 2.82. The molecule has 2 N–H and O–H groups in total. The highest BCUT2D eigenvalue weighted by molar-refractivity contribution is 8.00. The Balaban J connectivity index is 2.03. The average molecular weight is 307 g/mol. The minimum atomic E-state index is -0.189. The number of hydrogen-bond donors (Lipinski definition) is 2. The summed E-state index contributed by atoms with van der Waals surface area (Å²) in [5.74, 6) is 1.27. The van der Waals surface area contributed by atoms with Gasteiger partial charge >= 0.3 is 0 Å². The maximum atomic E-state index is 12.0. The predicted molar refractivity (Wildman–Crippen MR) is 85.8 cm³/mol. The second-order valence-electron chi connectivity index (χ2n) is 5.32. The number of ether oxygens (including phenoxy) is 1. The number of H-pyrrole nitrogens is 1. The summed E-state index contributed by atoms with van der Waals surface area (Å²) in [4.78, 5) is 19.7. The lowest BCUT2D eigenvalue weighted by molar-refractivity contribution is -0.120. The molecular formula is C15H21N3O2S. The van der Waals surface area contributed by atoms with Gasteiger partial charge in [-0.1, -0.05) is 25.6 Å². The van der Waals surface area contributed by atoms with Crippen LogP contribution in [-0.2, 0) is 4.79 Å². The molecule has 0 radical (unpaired) electrons. The van der Waals surface area contributed by atoms with Crippen LogP contribution in [0, 0.1) is 5.92 Å². The van der Waals surface area contributed by atoms with Crippen molar-refractivity contribution in [3.63, 3.8) is 0 Å². The Morgan fingerprint density at radius 3 is 2.86 bits per heavy atom. The van der Waals surface area contributed by atoms with Gasteiger partial charge < -0.3 is 15.0 Å². The molecule has 0 aliphatic rings. The number of fused-ring (bicyclic) bond motifs is 1. The van der Waals surface area contributed by atoms with Gasteiger partial charge in [-0.05, 0) is 25.0 Å². The Morgan fingerprint density at radius 2 is 2.19 bits per heavy atom. The van der Waals surface area contributed by atoms with Crippen molar-refractivity contribution in [2.45, 2.75) is 31.2 Å². The number of rotatable bonds is 6. The van der Waals surface area contributed by atoms with Gasteiger partial charge in [0.1, 0.15) is 5.75 Å². The van der Waals surface area contributed by atoms with Gasteiger partial charge in [-0.3, -0.25) is 4.79 Å². The summed E-state index contributed by atoms with van der Waals surface area (Å²) < 4.78 is 5.19. The van der Waals surface area contributed by atoms with Crippen molar-refractivity contribution in [3.05, 3.63) is 18.2 Å². The molecule has 114 valence electrons. The molecule has 2 rings (SSSR count). The molecule has 0 aliphatic carbocycles. The van der Waals surface area contributed by atoms with E-state index in [4.69, 9.17) is 4.74 Å². The smallest absolute Gasteiger partial charge is 0.233 e. The number of amides is 1. The molecule has 0 aliphatic heterocycles. The monoisotopic (exact) mass is 307 g/mol. The summed E-state index contributed by atoms with van der Waals surface area (Å²) in [6, 6.07) is 5.67. The van der Waals surface area contributed by atoms with E-state index in [2.05, 4.69) is 29.1 Å². The molecule has 0 saturated carbocycles. The van der Waals surface area contributed by atoms with Gasteiger partial charge in [0.05, 0.1) is 23.4 Å². The van der Waals surface area contributed by atoms with Crippen molar-refractivity contribution < 1.29 is 9.53 Å². The number of carbonyl (C=O) groups excluding carboxylic acids is 1. The highest BCUT2D eigenvalue weighted by atomic mass is 32.2. The fraction of sp³-hybridized carbons (Fsp3) is 0.467. The molecule has 1 aromatic heterocycles. The fourth-order valence-electron chi connectivity index (χ4n) is 1.82. The van der Waals surface area contributed by atoms with Crippen LogP contribution in [0.5, 0.6) is 5.75 Å². The van der Waals surface area contributed by atoms with Crippen LogP contribution in [0.4, 0.5) is 0 Å². The van der Waals surface area contributed by atoms with Crippen LogP contribution in [0.3, 0.4) is 0 Å². The second kappa shape index (κ2) is 6.85. The number of aromatic nitrogens is 2. The number of nitrogens with one attached hydrogen (secondary N) is 2. The van der Waals surface area contributed by atoms with E-state index in [1.54, 1.807) is 7.11 Å². The minimum Gasteiger partial charge on any atom is -0.497 e. The number of aromatic amines is 1. The van der Waals surface area contributed by atoms with Gasteiger partial charge in [0.15, 0.2) is 5.16 Å². The van der Waals surface area contributed by atoms with Crippen LogP contribution >= 0.6 is 11.8 Å². The summed E-state index contributed by atoms with van der Waals surface area (Å²) in [5, 5.41) is 3.49. The van der Waals surface area contributed by atoms with Crippen molar-refractivity contribution in [2.75, 3.05) is 13.7 Å². The Bertz CT molecular complexity index is 624. The van der Waals surface area contributed by atoms with E-state index in [0.717, 1.165) is 21.9 Å². The molecule has 0 bridgehead atoms. The molecule has 2 aromatic rings. The molecule has 1 amide bonds. The third-order valence-corrected chi connectivity index (χ3v) is 3.99. The molecule has 6 heteroatoms. The summed E-state index contributed by atoms with van der Waals surface area (Å²) in [6.45, 7) is 6.73. The Kier molecular flexibility index (Phi) is 5.12. The molecule has 5 nitrogen and oxygen atoms in total. The topological polar surface area (TPSA) is 67.0 Å². The van der Waals surface area contributed by atoms with Crippen molar-refractivity contribution >= 4 is 28.7 Å². The zero-order valence-corrected chi connectivity index (χ0v) is 13.6. The highest BCUT2D eigenvalue weighted by Gasteiger charge is 2.16. The SMILES string of the molecule is COc1ccc2nc(SC(C)C(=O)NCC(C)C)[nH]c2c1. The maximum absolute atomic E-state index is 12.0. The van der Waals surface area contributed by atoms with E-state index in [0.29, 0.717) is 12.5 Å². The van der Waals surface area contributed by atoms with Crippen LogP contribution in [-0.4, -0.2) is 34.8 Å². The lowest BCUT2D eigenvalue weighted by Crippen LogP contribution is -2.33. The van der Waals surface area contributed by atoms with E-state index in [9.17, 15) is 4.79 Å². The van der Waals surface area contributed by atoms with Crippen LogP contribution < -0.4 is 10.1 Å². The van der Waals surface area contributed by atoms with Gasteiger partial charge in [0.2, 0.25) is 5.91 Å². The molecular weight excluding hydrogens is 286 g/mol. The zero-order valence-electron chi connectivity index (χ0n) is 12.8. The van der Waals surface area contributed by atoms with E-state index in [1.165, 1.54) is 11.8 Å². The number of methoxy groups -OCH3 is 1. The van der Waals surface area contributed by atoms with E-state index >= 15 is 0 Å². The lowest BCUT2D eigenvalue weighted by atomic mass is 10.2. The third-order valence-electron chi connectivity index (χ3n) is 3.01. The third kappa shape index (κ3) is 4.14. The maximum Gasteiger partial charge on any atom is 0.233 e. The Labute approximate surface area is 128 Å². The first-order valence-electron chi connectivity index (χ1n) is 6.97. The van der Waals surface area contributed by atoms with Crippen LogP contribution in [0.1, 0.15) is 20.8 Å². The number of thioether (sulfide) groups is 1. The standard InChI is InChI=1S/C15H21N3O2S/c1-9(2)8-16-14(19)10(3)21-15-17-12-6-5-11(20-4)7-13(12)18-15/h5-7,9-10H,8H2,1-4H3,(H,16,19)(H,17,18). The number of nitrogens with zero attached hydrogens (tertiary/aromatic N) is 1. The molecule has 1 aromatic carbocycles. The van der Waals surface area contributed by atoms with E-state index < -0.39 is 0 Å². The van der Waals surface area contributed by atoms with Crippen LogP contribution in [0.2, 0.25) is 0 Å². The Hall–Kier alpha value is -1.69. The molecule has 0 fully saturated rings. The first-order valence-corrected chi connectivity index (χ1v) is 7.85. The summed E-state index contributed by atoms with van der Waals surface area (Å²) in [5.41, 5.74) is 1.78. The van der Waals surface area contributed by atoms with Crippen LogP contribution in [0.15, 0.2) is 23.4 Å². The molecule has 21 heavy (non-hydrogen) atoms. The van der Waals surface area contributed by atoms with Gasteiger partial charge in [0.25, 0.3) is 0 Å². The quantitative estimate of drug-likeness (QED) is 0.805. The lowest BCUT2D eigenvalue weighted by Gasteiger charge is -2.11. The van der Waals surface area contributed by atoms with Gasteiger partial charge in [-0.2, -0.15) is 0 Å². The first-order chi connectivity index (χ1) is 9.99. The van der Waals surface area contributed by atoms with E-state index in [-0.39, 0.29) is 11.2 Å². The first kappa shape index (κ1) is 15.7. The minimum absolute atomic E-state index is 0.0340. The second-order valence-corrected chi connectivity index (χ2v) is 6.65. The van der Waals surface area contributed by atoms with Crippen molar-refractivity contribution in [3.8, 4) is 5.75 Å². The van der Waals surface area contributed by atoms with Crippen molar-refractivity contribution in [1.29, 1.82) is 0 Å². The van der Waals surface area contributed by atoms with Crippen molar-refractivity contribution in [1.82, 2.24) is 15.3 Å². The normalized spacial score (nSPS) is 12.6. The van der Waals surface area contributed by atoms with Gasteiger partial charge in [0, 0.05) is 12.6 Å². The summed E-state index contributed by atoms with van der Waals surface area (Å²) in [6.07, 6.45) is 0. The highest BCUT2D eigenvalue weighted by Crippen LogP contribution is 2.25. The van der Waals surface area contributed by atoms with Gasteiger partial charge in [-0.15, -0.1) is 0 Å². The largest absolute Gasteiger partial charge is 0.497 e. The average Bonchev–Trinajstić information content (AvgIpc) is 2.85. The molecule has 0 spiro atoms. The molecule has 1 heterocycles. The van der Waals surface area contributed by atoms with Crippen LogP contribution in [0.25, 0.3) is 11.0 Å². The molecule has 0 saturated heterocycles. The summed E-state index contributed by atoms with van der Waals surface area (Å²) in [7, 11) is 1.63. The Morgan fingerprint density at radius 1 is 1.43 bits per heavy atom. The number of benzene rings is 1.